The summed E-state index contributed by atoms with van der Waals surface area (Å²) in [5, 5.41) is 29.7. The zero-order chi connectivity index (χ0) is 37.0. The summed E-state index contributed by atoms with van der Waals surface area (Å²) in [6.45, 7) is 3.80. The first kappa shape index (κ1) is 39.8. The molecule has 7 N–H and O–H groups in total. The Labute approximate surface area is 313 Å². The lowest BCUT2D eigenvalue weighted by atomic mass is 9.84. The largest absolute Gasteiger partial charge is 0.474 e. The number of aliphatic hydroxyl groups excluding tert-OH is 2. The number of nitrogens with zero attached hydrogens (tertiary/aromatic N) is 7. The lowest BCUT2D eigenvalue weighted by molar-refractivity contribution is -0.0377. The van der Waals surface area contributed by atoms with Gasteiger partial charge in [0.15, 0.2) is 11.3 Å². The average molecular weight is 743 g/mol. The van der Waals surface area contributed by atoms with Crippen molar-refractivity contribution in [3.63, 3.8) is 0 Å². The summed E-state index contributed by atoms with van der Waals surface area (Å²) in [5.41, 5.74) is 15.2. The highest BCUT2D eigenvalue weighted by Crippen LogP contribution is 2.39. The molecular formula is C38H50N10O6. The topological polar surface area (TPSA) is 227 Å². The van der Waals surface area contributed by atoms with E-state index in [4.69, 9.17) is 40.6 Å². The van der Waals surface area contributed by atoms with Crippen LogP contribution in [-0.4, -0.2) is 88.8 Å². The second-order valence-electron chi connectivity index (χ2n) is 12.9. The first-order chi connectivity index (χ1) is 25.9. The second-order valence-corrected chi connectivity index (χ2v) is 12.9. The van der Waals surface area contributed by atoms with Crippen LogP contribution in [0.25, 0.3) is 22.1 Å². The molecule has 288 valence electrons. The molecule has 0 radical (unpaired) electrons. The summed E-state index contributed by atoms with van der Waals surface area (Å²) in [6.07, 6.45) is 7.68. The lowest BCUT2D eigenvalue weighted by Crippen LogP contribution is -2.34. The molecule has 2 aliphatic carbocycles. The Kier molecular flexibility index (Phi) is 14.4. The van der Waals surface area contributed by atoms with Crippen LogP contribution in [0.2, 0.25) is 0 Å². The summed E-state index contributed by atoms with van der Waals surface area (Å²) >= 11 is 0. The zero-order valence-corrected chi connectivity index (χ0v) is 29.6. The maximum Gasteiger partial charge on any atom is 0.246 e. The Hall–Kier alpha value is -5.42. The fourth-order valence-electron chi connectivity index (χ4n) is 5.98. The van der Waals surface area contributed by atoms with Crippen LogP contribution >= 0.6 is 0 Å². The number of fused-ring (bicyclic) bond motifs is 2. The molecule has 2 fully saturated rings. The van der Waals surface area contributed by atoms with Gasteiger partial charge in [0.1, 0.15) is 48.3 Å². The van der Waals surface area contributed by atoms with Crippen LogP contribution < -0.4 is 20.9 Å². The molecule has 2 aromatic carbocycles. The number of aromatic nitrogens is 8. The smallest absolute Gasteiger partial charge is 0.246 e. The van der Waals surface area contributed by atoms with E-state index in [0.29, 0.717) is 58.2 Å². The number of aromatic amines is 1. The molecule has 54 heavy (non-hydrogen) atoms. The van der Waals surface area contributed by atoms with E-state index >= 15 is 0 Å². The number of hydrogen-bond donors (Lipinski definition) is 5. The fraction of sp³-hybridized carbons (Fsp3) is 0.421. The van der Waals surface area contributed by atoms with Crippen molar-refractivity contribution in [1.29, 1.82) is 0 Å². The van der Waals surface area contributed by atoms with Gasteiger partial charge < -0.3 is 40.6 Å². The van der Waals surface area contributed by atoms with E-state index < -0.39 is 0 Å². The third kappa shape index (κ3) is 10.2. The SMILES string of the molecule is C.CC1CC(OCc2ccccc2)C1.Nc1ncnc2[nH]nc(OCCO)c12.Nc1ncnc2c1c(OCCO)nn2C1CC(OCc2ccccc2)C1. The quantitative estimate of drug-likeness (QED) is 0.109. The van der Waals surface area contributed by atoms with Crippen molar-refractivity contribution in [3.05, 3.63) is 84.4 Å². The third-order valence-corrected chi connectivity index (χ3v) is 8.90. The van der Waals surface area contributed by atoms with Crippen LogP contribution in [0.5, 0.6) is 11.8 Å². The van der Waals surface area contributed by atoms with Gasteiger partial charge in [-0.2, -0.15) is 0 Å². The van der Waals surface area contributed by atoms with E-state index in [1.54, 1.807) is 0 Å². The molecule has 2 saturated carbocycles. The minimum absolute atomic E-state index is 0. The molecule has 8 rings (SSSR count). The van der Waals surface area contributed by atoms with Gasteiger partial charge in [0, 0.05) is 0 Å². The zero-order valence-electron chi connectivity index (χ0n) is 29.6. The Morgan fingerprint density at radius 1 is 0.722 bits per heavy atom. The predicted octanol–water partition coefficient (Wildman–Crippen LogP) is 4.64. The van der Waals surface area contributed by atoms with Crippen molar-refractivity contribution in [3.8, 4) is 11.8 Å². The van der Waals surface area contributed by atoms with Gasteiger partial charge in [-0.15, -0.1) is 10.2 Å². The van der Waals surface area contributed by atoms with Gasteiger partial charge in [-0.25, -0.2) is 24.6 Å². The molecule has 0 spiro atoms. The highest BCUT2D eigenvalue weighted by molar-refractivity contribution is 5.91. The maximum atomic E-state index is 8.99. The number of H-pyrrole nitrogens is 1. The molecule has 4 heterocycles. The molecule has 6 aromatic rings. The van der Waals surface area contributed by atoms with Crippen molar-refractivity contribution in [2.24, 2.45) is 5.92 Å². The van der Waals surface area contributed by atoms with Crippen LogP contribution in [0.1, 0.15) is 57.2 Å². The average Bonchev–Trinajstić information content (AvgIpc) is 3.75. The summed E-state index contributed by atoms with van der Waals surface area (Å²) < 4.78 is 24.2. The lowest BCUT2D eigenvalue weighted by Gasteiger charge is -2.35. The van der Waals surface area contributed by atoms with Crippen molar-refractivity contribution in [1.82, 2.24) is 39.9 Å². The Bertz CT molecular complexity index is 2000. The molecule has 2 aliphatic rings. The number of nitrogens with two attached hydrogens (primary N) is 2. The van der Waals surface area contributed by atoms with Gasteiger partial charge in [-0.1, -0.05) is 75.0 Å². The van der Waals surface area contributed by atoms with E-state index in [0.717, 1.165) is 25.4 Å². The van der Waals surface area contributed by atoms with Gasteiger partial charge >= 0.3 is 0 Å². The molecule has 4 aromatic heterocycles. The third-order valence-electron chi connectivity index (χ3n) is 8.90. The number of rotatable bonds is 13. The van der Waals surface area contributed by atoms with Gasteiger partial charge in [0.25, 0.3) is 0 Å². The Morgan fingerprint density at radius 3 is 1.83 bits per heavy atom. The van der Waals surface area contributed by atoms with Gasteiger partial charge in [-0.05, 0) is 42.7 Å². The molecule has 16 heteroatoms. The minimum atomic E-state index is -0.0965. The number of aliphatic hydroxyl groups is 2. The number of nitrogens with one attached hydrogen (secondary N) is 1. The number of benzene rings is 2. The normalized spacial score (nSPS) is 18.6. The number of ether oxygens (including phenoxy) is 4. The van der Waals surface area contributed by atoms with Crippen molar-refractivity contribution in [2.45, 2.75) is 71.5 Å². The van der Waals surface area contributed by atoms with E-state index in [1.165, 1.54) is 36.6 Å². The van der Waals surface area contributed by atoms with Crippen molar-refractivity contribution in [2.75, 3.05) is 37.9 Å². The van der Waals surface area contributed by atoms with Crippen LogP contribution in [0, 0.1) is 5.92 Å². The molecule has 0 saturated heterocycles. The summed E-state index contributed by atoms with van der Waals surface area (Å²) in [7, 11) is 0. The maximum absolute atomic E-state index is 8.99. The first-order valence-corrected chi connectivity index (χ1v) is 17.6. The Morgan fingerprint density at radius 2 is 1.26 bits per heavy atom. The highest BCUT2D eigenvalue weighted by Gasteiger charge is 2.34. The standard InChI is InChI=1S/C18H21N5O3.C12H16O.C7H9N5O2.CH4/c19-16-15-17(21-11-20-16)23(22-18(15)25-7-6-24)13-8-14(9-13)26-10-12-4-2-1-3-5-12;1-10-7-12(8-10)13-9-11-5-3-2-4-6-11;8-5-4-6(10-3-9-5)11-12-7(4)14-2-1-13;/h1-5,11,13-14,24H,6-10H2,(H2,19,20,21);2-6,10,12H,7-9H2,1H3;3,13H,1-2H2,(H3,8,9,10,11,12);1H4. The Balaban J connectivity index is 0.000000169. The molecule has 0 unspecified atom stereocenters. The molecule has 0 aliphatic heterocycles. The predicted molar refractivity (Wildman–Crippen MR) is 204 cm³/mol. The van der Waals surface area contributed by atoms with Crippen molar-refractivity contribution < 1.29 is 29.2 Å². The summed E-state index contributed by atoms with van der Waals surface area (Å²) in [5.74, 6) is 2.18. The molecular weight excluding hydrogens is 692 g/mol. The molecule has 0 bridgehead atoms. The van der Waals surface area contributed by atoms with Crippen LogP contribution in [-0.2, 0) is 22.7 Å². The minimum Gasteiger partial charge on any atom is -0.474 e. The number of nitrogen functional groups attached to an aromatic ring is 2. The molecule has 0 atom stereocenters. The fourth-order valence-corrected chi connectivity index (χ4v) is 5.98. The second kappa shape index (κ2) is 19.6. The van der Waals surface area contributed by atoms with E-state index in [-0.39, 0.29) is 46.0 Å². The van der Waals surface area contributed by atoms with Gasteiger partial charge in [0.05, 0.1) is 44.7 Å². The summed E-state index contributed by atoms with van der Waals surface area (Å²) in [6, 6.07) is 20.7. The summed E-state index contributed by atoms with van der Waals surface area (Å²) in [4.78, 5) is 16.1. The monoisotopic (exact) mass is 742 g/mol. The van der Waals surface area contributed by atoms with Crippen LogP contribution in [0.3, 0.4) is 0 Å². The van der Waals surface area contributed by atoms with Crippen LogP contribution in [0.15, 0.2) is 73.3 Å². The van der Waals surface area contributed by atoms with E-state index in [2.05, 4.69) is 78.6 Å². The van der Waals surface area contributed by atoms with Crippen LogP contribution in [0.4, 0.5) is 11.6 Å². The van der Waals surface area contributed by atoms with Gasteiger partial charge in [0.2, 0.25) is 11.8 Å². The van der Waals surface area contributed by atoms with Crippen molar-refractivity contribution >= 4 is 33.7 Å². The highest BCUT2D eigenvalue weighted by atomic mass is 16.5. The first-order valence-electron chi connectivity index (χ1n) is 17.6. The molecule has 0 amide bonds. The van der Waals surface area contributed by atoms with E-state index in [9.17, 15) is 0 Å². The number of anilines is 2. The van der Waals surface area contributed by atoms with E-state index in [1.807, 2.05) is 28.9 Å². The molecule has 16 nitrogen and oxygen atoms in total. The van der Waals surface area contributed by atoms with Gasteiger partial charge in [-0.3, -0.25) is 5.10 Å². The number of hydrogen-bond acceptors (Lipinski definition) is 14.